The number of carboxylic acid groups (broad SMARTS) is 1. The summed E-state index contributed by atoms with van der Waals surface area (Å²) in [6, 6.07) is 17.5. The number of aromatic nitrogens is 2. The lowest BCUT2D eigenvalue weighted by Crippen LogP contribution is -2.35. The zero-order chi connectivity index (χ0) is 26.5. The fraction of sp³-hybridized carbons (Fsp3) is 0.276. The molecule has 8 nitrogen and oxygen atoms in total. The Labute approximate surface area is 216 Å². The van der Waals surface area contributed by atoms with Gasteiger partial charge in [-0.2, -0.15) is 0 Å². The minimum atomic E-state index is -1.09. The number of nitrogens with one attached hydrogen (secondary N) is 1. The molecule has 2 N–H and O–H groups in total. The van der Waals surface area contributed by atoms with Crippen molar-refractivity contribution in [3.05, 3.63) is 107 Å². The van der Waals surface area contributed by atoms with Crippen molar-refractivity contribution in [2.45, 2.75) is 39.3 Å². The van der Waals surface area contributed by atoms with Gasteiger partial charge in [-0.05, 0) is 45.0 Å². The molecule has 0 radical (unpaired) electrons. The molecule has 1 aliphatic rings. The molecular formula is C29H32N4O4. The molecule has 8 heteroatoms. The fourth-order valence-corrected chi connectivity index (χ4v) is 4.91. The van der Waals surface area contributed by atoms with E-state index in [1.807, 2.05) is 61.0 Å². The van der Waals surface area contributed by atoms with E-state index in [0.717, 1.165) is 12.2 Å². The number of aliphatic carboxylic acids is 1. The first-order valence-corrected chi connectivity index (χ1v) is 12.2. The highest BCUT2D eigenvalue weighted by Gasteiger charge is 2.39. The van der Waals surface area contributed by atoms with Crippen molar-refractivity contribution < 1.29 is 19.4 Å². The van der Waals surface area contributed by atoms with Gasteiger partial charge in [0.25, 0.3) is 0 Å². The third kappa shape index (κ3) is 5.81. The molecular weight excluding hydrogens is 468 g/mol. The molecule has 0 saturated carbocycles. The zero-order valence-corrected chi connectivity index (χ0v) is 21.5. The van der Waals surface area contributed by atoms with Crippen LogP contribution in [0, 0.1) is 0 Å². The predicted molar refractivity (Wildman–Crippen MR) is 141 cm³/mol. The first-order valence-electron chi connectivity index (χ1n) is 12.2. The summed E-state index contributed by atoms with van der Waals surface area (Å²) < 4.78 is 7.71. The van der Waals surface area contributed by atoms with Crippen LogP contribution < -0.4 is 5.32 Å². The Hall–Kier alpha value is -4.17. The summed E-state index contributed by atoms with van der Waals surface area (Å²) >= 11 is 0. The molecule has 2 atom stereocenters. The van der Waals surface area contributed by atoms with Crippen molar-refractivity contribution in [3.63, 3.8) is 0 Å². The molecule has 0 aliphatic carbocycles. The van der Waals surface area contributed by atoms with Crippen LogP contribution in [-0.4, -0.2) is 51.2 Å². The van der Waals surface area contributed by atoms with E-state index in [9.17, 15) is 14.7 Å². The second kappa shape index (κ2) is 11.3. The van der Waals surface area contributed by atoms with E-state index in [1.54, 1.807) is 32.6 Å². The fourth-order valence-electron chi connectivity index (χ4n) is 4.91. The summed E-state index contributed by atoms with van der Waals surface area (Å²) in [4.78, 5) is 32.3. The lowest BCUT2D eigenvalue weighted by molar-refractivity contribution is -0.144. The number of hydrogen-bond donors (Lipinski definition) is 2. The van der Waals surface area contributed by atoms with Gasteiger partial charge in [-0.25, -0.2) is 14.6 Å². The van der Waals surface area contributed by atoms with Crippen LogP contribution in [0.25, 0.3) is 5.69 Å². The first-order chi connectivity index (χ1) is 17.8. The number of dihydropyridines is 1. The Morgan fingerprint density at radius 2 is 1.76 bits per heavy atom. The molecule has 0 bridgehead atoms. The van der Waals surface area contributed by atoms with Gasteiger partial charge in [-0.15, -0.1) is 0 Å². The molecule has 2 heterocycles. The molecule has 0 fully saturated rings. The maximum atomic E-state index is 13.6. The SMILES string of the molecule is CC1=C(C(=O)O)C(c2ccccc2-n2ccnc2)C(C(=O)OC(C)CN(C)Cc2ccccc2)=C(C)N1. The van der Waals surface area contributed by atoms with Crippen LogP contribution in [0.2, 0.25) is 0 Å². The monoisotopic (exact) mass is 500 g/mol. The molecule has 0 amide bonds. The number of allylic oxidation sites excluding steroid dienone is 2. The summed E-state index contributed by atoms with van der Waals surface area (Å²) in [6.07, 6.45) is 4.68. The number of ether oxygens (including phenoxy) is 1. The molecule has 0 spiro atoms. The number of rotatable bonds is 9. The third-order valence-corrected chi connectivity index (χ3v) is 6.41. The molecule has 2 unspecified atom stereocenters. The van der Waals surface area contributed by atoms with Gasteiger partial charge in [0.15, 0.2) is 0 Å². The number of benzene rings is 2. The second-order valence-electron chi connectivity index (χ2n) is 9.37. The highest BCUT2D eigenvalue weighted by Crippen LogP contribution is 2.41. The van der Waals surface area contributed by atoms with Crippen molar-refractivity contribution in [2.75, 3.05) is 13.6 Å². The van der Waals surface area contributed by atoms with E-state index >= 15 is 0 Å². The van der Waals surface area contributed by atoms with Crippen LogP contribution in [0.3, 0.4) is 0 Å². The van der Waals surface area contributed by atoms with Gasteiger partial charge in [0.2, 0.25) is 0 Å². The Morgan fingerprint density at radius 1 is 1.08 bits per heavy atom. The van der Waals surface area contributed by atoms with Gasteiger partial charge < -0.3 is 19.7 Å². The van der Waals surface area contributed by atoms with Crippen LogP contribution in [-0.2, 0) is 20.9 Å². The number of carbonyl (C=O) groups is 2. The van der Waals surface area contributed by atoms with Crippen LogP contribution in [0.5, 0.6) is 0 Å². The van der Waals surface area contributed by atoms with Crippen molar-refractivity contribution in [3.8, 4) is 5.69 Å². The number of carboxylic acids is 1. The minimum absolute atomic E-state index is 0.110. The van der Waals surface area contributed by atoms with Gasteiger partial charge in [0, 0.05) is 36.9 Å². The van der Waals surface area contributed by atoms with Crippen molar-refractivity contribution in [1.29, 1.82) is 0 Å². The van der Waals surface area contributed by atoms with Crippen LogP contribution in [0.4, 0.5) is 0 Å². The van der Waals surface area contributed by atoms with Gasteiger partial charge in [0.05, 0.1) is 29.1 Å². The molecule has 0 saturated heterocycles. The largest absolute Gasteiger partial charge is 0.478 e. The highest BCUT2D eigenvalue weighted by molar-refractivity contribution is 5.99. The number of hydrogen-bond acceptors (Lipinski definition) is 6. The standard InChI is InChI=1S/C29H32N4O4/c1-19(16-32(4)17-22-10-6-5-7-11-22)37-29(36)26-21(3)31-20(2)25(28(34)35)27(26)23-12-8-9-13-24(23)33-15-14-30-18-33/h5-15,18-19,27,31H,16-17H2,1-4H3,(H,34,35). The van der Waals surface area contributed by atoms with Crippen LogP contribution >= 0.6 is 0 Å². The number of nitrogens with zero attached hydrogens (tertiary/aromatic N) is 3. The van der Waals surface area contributed by atoms with Gasteiger partial charge in [-0.1, -0.05) is 48.5 Å². The van der Waals surface area contributed by atoms with E-state index in [4.69, 9.17) is 4.74 Å². The predicted octanol–water partition coefficient (Wildman–Crippen LogP) is 4.26. The van der Waals surface area contributed by atoms with E-state index in [-0.39, 0.29) is 11.1 Å². The van der Waals surface area contributed by atoms with Crippen molar-refractivity contribution >= 4 is 11.9 Å². The third-order valence-electron chi connectivity index (χ3n) is 6.41. The molecule has 1 aromatic heterocycles. The summed E-state index contributed by atoms with van der Waals surface area (Å²) in [5.41, 5.74) is 4.05. The Kier molecular flexibility index (Phi) is 7.89. The van der Waals surface area contributed by atoms with Crippen molar-refractivity contribution in [2.24, 2.45) is 0 Å². The van der Waals surface area contributed by atoms with E-state index in [1.165, 1.54) is 5.56 Å². The van der Waals surface area contributed by atoms with Gasteiger partial charge in [-0.3, -0.25) is 4.90 Å². The summed E-state index contributed by atoms with van der Waals surface area (Å²) in [6.45, 7) is 6.58. The van der Waals surface area contributed by atoms with Crippen LogP contribution in [0.1, 0.15) is 37.8 Å². The molecule has 3 aromatic rings. The van der Waals surface area contributed by atoms with Gasteiger partial charge in [0.1, 0.15) is 6.10 Å². The zero-order valence-electron chi connectivity index (χ0n) is 21.5. The van der Waals surface area contributed by atoms with E-state index in [0.29, 0.717) is 23.5 Å². The maximum absolute atomic E-state index is 13.6. The topological polar surface area (TPSA) is 96.7 Å². The molecule has 192 valence electrons. The Balaban J connectivity index is 1.63. The number of imidazole rings is 1. The lowest BCUT2D eigenvalue weighted by Gasteiger charge is -2.31. The average Bonchev–Trinajstić information content (AvgIpc) is 3.38. The van der Waals surface area contributed by atoms with Crippen molar-refractivity contribution in [1.82, 2.24) is 19.8 Å². The quantitative estimate of drug-likeness (QED) is 0.424. The van der Waals surface area contributed by atoms with Crippen LogP contribution in [0.15, 0.2) is 95.9 Å². The number of para-hydroxylation sites is 1. The molecule has 4 rings (SSSR count). The smallest absolute Gasteiger partial charge is 0.337 e. The molecule has 2 aromatic carbocycles. The minimum Gasteiger partial charge on any atom is -0.478 e. The number of likely N-dealkylation sites (N-methyl/N-ethyl adjacent to an activating group) is 1. The summed E-state index contributed by atoms with van der Waals surface area (Å²) in [5, 5.41) is 13.3. The second-order valence-corrected chi connectivity index (χ2v) is 9.37. The number of esters is 1. The number of carbonyl (C=O) groups excluding carboxylic acids is 1. The normalized spacial score (nSPS) is 16.5. The molecule has 37 heavy (non-hydrogen) atoms. The maximum Gasteiger partial charge on any atom is 0.337 e. The lowest BCUT2D eigenvalue weighted by atomic mass is 9.79. The first kappa shape index (κ1) is 25.9. The molecule has 1 aliphatic heterocycles. The highest BCUT2D eigenvalue weighted by atomic mass is 16.5. The summed E-state index contributed by atoms with van der Waals surface area (Å²) in [7, 11) is 1.98. The average molecular weight is 501 g/mol. The Morgan fingerprint density at radius 3 is 2.43 bits per heavy atom. The summed E-state index contributed by atoms with van der Waals surface area (Å²) in [5.74, 6) is -2.45. The van der Waals surface area contributed by atoms with E-state index < -0.39 is 24.0 Å². The van der Waals surface area contributed by atoms with Gasteiger partial charge >= 0.3 is 11.9 Å². The van der Waals surface area contributed by atoms with E-state index in [2.05, 4.69) is 27.3 Å². The Bertz CT molecular complexity index is 1330.